The normalized spacial score (nSPS) is 13.5. The van der Waals surface area contributed by atoms with E-state index in [0.29, 0.717) is 6.54 Å². The Morgan fingerprint density at radius 3 is 2.47 bits per heavy atom. The molecule has 0 amide bonds. The number of benzene rings is 1. The fourth-order valence-corrected chi connectivity index (χ4v) is 2.10. The van der Waals surface area contributed by atoms with Crippen LogP contribution in [0.15, 0.2) is 30.3 Å². The Balaban J connectivity index is 2.38. The average molecular weight is 229 g/mol. The first-order valence-corrected chi connectivity index (χ1v) is 6.32. The molecule has 0 bridgehead atoms. The molecular weight excluding hydrogens is 214 g/mol. The molecule has 0 fully saturated rings. The first kappa shape index (κ1) is 12.0. The van der Waals surface area contributed by atoms with Gasteiger partial charge in [0.1, 0.15) is 0 Å². The largest absolute Gasteiger partial charge is 0.385 e. The van der Waals surface area contributed by atoms with Crippen molar-refractivity contribution < 1.29 is 13.0 Å². The fraction of sp³-hybridized carbons (Fsp3) is 0.400. The van der Waals surface area contributed by atoms with Crippen LogP contribution in [0.4, 0.5) is 5.69 Å². The molecule has 84 valence electrons. The van der Waals surface area contributed by atoms with Gasteiger partial charge in [-0.1, -0.05) is 25.1 Å². The highest BCUT2D eigenvalue weighted by atomic mass is 32.2. The second kappa shape index (κ2) is 5.14. The second-order valence-corrected chi connectivity index (χ2v) is 5.10. The predicted molar refractivity (Wildman–Crippen MR) is 60.5 cm³/mol. The predicted octanol–water partition coefficient (Wildman–Crippen LogP) is 1.62. The summed E-state index contributed by atoms with van der Waals surface area (Å²) in [6, 6.07) is 9.51. The van der Waals surface area contributed by atoms with Crippen molar-refractivity contribution in [3.8, 4) is 0 Å². The minimum Gasteiger partial charge on any atom is -0.385 e. The van der Waals surface area contributed by atoms with Crippen LogP contribution in [0.1, 0.15) is 6.92 Å². The lowest BCUT2D eigenvalue weighted by molar-refractivity contribution is 0.471. The summed E-state index contributed by atoms with van der Waals surface area (Å²) in [6.45, 7) is 2.29. The van der Waals surface area contributed by atoms with Gasteiger partial charge in [-0.05, 0) is 18.1 Å². The summed E-state index contributed by atoms with van der Waals surface area (Å²) in [4.78, 5) is 0. The van der Waals surface area contributed by atoms with Crippen molar-refractivity contribution >= 4 is 15.8 Å². The molecule has 0 saturated heterocycles. The second-order valence-electron chi connectivity index (χ2n) is 3.60. The molecule has 2 N–H and O–H groups in total. The molecule has 4 nitrogen and oxygen atoms in total. The van der Waals surface area contributed by atoms with E-state index in [2.05, 4.69) is 5.32 Å². The van der Waals surface area contributed by atoms with Crippen LogP contribution in [0, 0.1) is 5.92 Å². The molecule has 0 spiro atoms. The third kappa shape index (κ3) is 5.39. The number of para-hydroxylation sites is 1. The molecule has 0 saturated carbocycles. The number of hydrogen-bond donors (Lipinski definition) is 2. The monoisotopic (exact) mass is 229 g/mol. The van der Waals surface area contributed by atoms with E-state index in [0.717, 1.165) is 5.69 Å². The van der Waals surface area contributed by atoms with E-state index in [-0.39, 0.29) is 11.7 Å². The smallest absolute Gasteiger partial charge is 0.265 e. The van der Waals surface area contributed by atoms with E-state index < -0.39 is 10.1 Å². The Labute approximate surface area is 90.1 Å². The zero-order chi connectivity index (χ0) is 11.3. The van der Waals surface area contributed by atoms with Gasteiger partial charge in [-0.3, -0.25) is 4.55 Å². The summed E-state index contributed by atoms with van der Waals surface area (Å²) in [5.74, 6) is -0.340. The van der Waals surface area contributed by atoms with Crippen LogP contribution in [0.3, 0.4) is 0 Å². The summed E-state index contributed by atoms with van der Waals surface area (Å²) < 4.78 is 29.8. The molecule has 15 heavy (non-hydrogen) atoms. The van der Waals surface area contributed by atoms with E-state index in [1.54, 1.807) is 6.92 Å². The van der Waals surface area contributed by atoms with Gasteiger partial charge in [0.25, 0.3) is 10.1 Å². The van der Waals surface area contributed by atoms with Gasteiger partial charge in [-0.25, -0.2) is 0 Å². The third-order valence-electron chi connectivity index (χ3n) is 1.92. The van der Waals surface area contributed by atoms with Gasteiger partial charge in [0.05, 0.1) is 5.75 Å². The SMILES string of the molecule is CC(CNc1ccccc1)CS(=O)(=O)O. The standard InChI is InChI=1S/C10H15NO3S/c1-9(8-15(12,13)14)7-11-10-5-3-2-4-6-10/h2-6,9,11H,7-8H2,1H3,(H,12,13,14). The first-order chi connectivity index (χ1) is 6.97. The number of rotatable bonds is 5. The van der Waals surface area contributed by atoms with E-state index in [1.807, 2.05) is 30.3 Å². The molecule has 1 unspecified atom stereocenters. The third-order valence-corrected chi connectivity index (χ3v) is 2.91. The van der Waals surface area contributed by atoms with E-state index in [1.165, 1.54) is 0 Å². The Bertz CT molecular complexity index is 388. The van der Waals surface area contributed by atoms with Crippen molar-refractivity contribution in [1.29, 1.82) is 0 Å². The van der Waals surface area contributed by atoms with Gasteiger partial charge in [0, 0.05) is 12.2 Å². The zero-order valence-corrected chi connectivity index (χ0v) is 9.37. The Hall–Kier alpha value is -1.07. The first-order valence-electron chi connectivity index (χ1n) is 4.71. The molecule has 1 rings (SSSR count). The maximum absolute atomic E-state index is 10.6. The van der Waals surface area contributed by atoms with Crippen molar-refractivity contribution in [2.45, 2.75) is 6.92 Å². The minimum atomic E-state index is -3.87. The molecule has 0 heterocycles. The topological polar surface area (TPSA) is 66.4 Å². The highest BCUT2D eigenvalue weighted by Gasteiger charge is 2.11. The summed E-state index contributed by atoms with van der Waals surface area (Å²) in [6.07, 6.45) is 0. The number of anilines is 1. The van der Waals surface area contributed by atoms with Crippen LogP contribution in [0.5, 0.6) is 0 Å². The summed E-state index contributed by atoms with van der Waals surface area (Å²) in [5, 5.41) is 3.09. The van der Waals surface area contributed by atoms with E-state index in [9.17, 15) is 8.42 Å². The molecule has 0 radical (unpaired) electrons. The van der Waals surface area contributed by atoms with Gasteiger partial charge < -0.3 is 5.32 Å². The molecule has 0 aromatic heterocycles. The lowest BCUT2D eigenvalue weighted by Crippen LogP contribution is -2.20. The average Bonchev–Trinajstić information content (AvgIpc) is 2.14. The van der Waals surface area contributed by atoms with Gasteiger partial charge in [-0.15, -0.1) is 0 Å². The summed E-state index contributed by atoms with van der Waals surface area (Å²) in [7, 11) is -3.87. The number of hydrogen-bond acceptors (Lipinski definition) is 3. The fourth-order valence-electron chi connectivity index (χ4n) is 1.27. The summed E-state index contributed by atoms with van der Waals surface area (Å²) >= 11 is 0. The quantitative estimate of drug-likeness (QED) is 0.753. The van der Waals surface area contributed by atoms with E-state index >= 15 is 0 Å². The maximum Gasteiger partial charge on any atom is 0.265 e. The van der Waals surface area contributed by atoms with Crippen molar-refractivity contribution in [2.75, 3.05) is 17.6 Å². The molecule has 0 aliphatic heterocycles. The molecular formula is C10H15NO3S. The van der Waals surface area contributed by atoms with Crippen LogP contribution >= 0.6 is 0 Å². The van der Waals surface area contributed by atoms with Gasteiger partial charge in [-0.2, -0.15) is 8.42 Å². The van der Waals surface area contributed by atoms with Gasteiger partial charge in [0.2, 0.25) is 0 Å². The van der Waals surface area contributed by atoms with E-state index in [4.69, 9.17) is 4.55 Å². The van der Waals surface area contributed by atoms with Crippen LogP contribution in [-0.2, 0) is 10.1 Å². The summed E-state index contributed by atoms with van der Waals surface area (Å²) in [5.41, 5.74) is 0.944. The minimum absolute atomic E-state index is 0.125. The lowest BCUT2D eigenvalue weighted by Gasteiger charge is -2.11. The van der Waals surface area contributed by atoms with Crippen LogP contribution in [0.2, 0.25) is 0 Å². The van der Waals surface area contributed by atoms with Gasteiger partial charge in [0.15, 0.2) is 0 Å². The van der Waals surface area contributed by atoms with Crippen LogP contribution in [0.25, 0.3) is 0 Å². The molecule has 0 aliphatic carbocycles. The molecule has 1 aromatic rings. The van der Waals surface area contributed by atoms with Crippen molar-refractivity contribution in [2.24, 2.45) is 5.92 Å². The van der Waals surface area contributed by atoms with Crippen molar-refractivity contribution in [3.63, 3.8) is 0 Å². The highest BCUT2D eigenvalue weighted by Crippen LogP contribution is 2.07. The molecule has 1 aromatic carbocycles. The molecule has 0 aliphatic rings. The van der Waals surface area contributed by atoms with Crippen molar-refractivity contribution in [1.82, 2.24) is 0 Å². The van der Waals surface area contributed by atoms with Gasteiger partial charge >= 0.3 is 0 Å². The number of nitrogens with one attached hydrogen (secondary N) is 1. The Kier molecular flexibility index (Phi) is 4.11. The lowest BCUT2D eigenvalue weighted by atomic mass is 10.2. The Morgan fingerprint density at radius 2 is 1.93 bits per heavy atom. The molecule has 5 heteroatoms. The van der Waals surface area contributed by atoms with Crippen LogP contribution < -0.4 is 5.32 Å². The molecule has 1 atom stereocenters. The van der Waals surface area contributed by atoms with Crippen molar-refractivity contribution in [3.05, 3.63) is 30.3 Å². The zero-order valence-electron chi connectivity index (χ0n) is 8.55. The maximum atomic E-state index is 10.6. The van der Waals surface area contributed by atoms with Crippen LogP contribution in [-0.4, -0.2) is 25.3 Å². The highest BCUT2D eigenvalue weighted by molar-refractivity contribution is 7.85. The Morgan fingerprint density at radius 1 is 1.33 bits per heavy atom.